The van der Waals surface area contributed by atoms with E-state index in [1.54, 1.807) is 0 Å². The quantitative estimate of drug-likeness (QED) is 0.816. The maximum absolute atomic E-state index is 6.04. The number of hydrogen-bond acceptors (Lipinski definition) is 2. The highest BCUT2D eigenvalue weighted by atomic mass is 35.5. The highest BCUT2D eigenvalue weighted by Crippen LogP contribution is 2.28. The van der Waals surface area contributed by atoms with E-state index in [1.165, 1.54) is 18.5 Å². The molecular weight excluding hydrogens is 232 g/mol. The molecule has 0 radical (unpaired) electrons. The second-order valence-corrected chi connectivity index (χ2v) is 5.27. The Morgan fingerprint density at radius 2 is 2.06 bits per heavy atom. The van der Waals surface area contributed by atoms with Crippen LogP contribution in [0.5, 0.6) is 0 Å². The van der Waals surface area contributed by atoms with Gasteiger partial charge >= 0.3 is 0 Å². The van der Waals surface area contributed by atoms with Crippen LogP contribution in [0.4, 0.5) is 11.4 Å². The van der Waals surface area contributed by atoms with Gasteiger partial charge in [-0.15, -0.1) is 0 Å². The molecule has 0 fully saturated rings. The van der Waals surface area contributed by atoms with Crippen LogP contribution in [0.2, 0.25) is 5.02 Å². The minimum Gasteiger partial charge on any atom is -0.383 e. The number of anilines is 2. The molecule has 1 aromatic carbocycles. The van der Waals surface area contributed by atoms with Gasteiger partial charge in [0.15, 0.2) is 0 Å². The molecule has 0 saturated carbocycles. The first-order valence-corrected chi connectivity index (χ1v) is 6.63. The number of nitrogens with zero attached hydrogens (tertiary/aromatic N) is 1. The van der Waals surface area contributed by atoms with Crippen molar-refractivity contribution in [2.75, 3.05) is 30.9 Å². The van der Waals surface area contributed by atoms with E-state index in [4.69, 9.17) is 11.6 Å². The van der Waals surface area contributed by atoms with Crippen LogP contribution in [0.25, 0.3) is 0 Å². The lowest BCUT2D eigenvalue weighted by Crippen LogP contribution is -2.15. The first-order valence-electron chi connectivity index (χ1n) is 6.25. The fourth-order valence-electron chi connectivity index (χ4n) is 1.92. The van der Waals surface area contributed by atoms with E-state index in [2.05, 4.69) is 30.1 Å². The highest BCUT2D eigenvalue weighted by Gasteiger charge is 2.07. The predicted molar refractivity (Wildman–Crippen MR) is 78.3 cm³/mol. The molecule has 1 rings (SSSR count). The Kier molecular flexibility index (Phi) is 5.63. The standard InChI is InChI=1S/C14H23ClN2/c1-5-6-11(2)10-16-13-9-12(15)7-8-14(13)17(3)4/h7-9,11,16H,5-6,10H2,1-4H3. The van der Waals surface area contributed by atoms with Gasteiger partial charge in [-0.05, 0) is 30.5 Å². The Morgan fingerprint density at radius 1 is 1.35 bits per heavy atom. The van der Waals surface area contributed by atoms with Gasteiger partial charge in [-0.1, -0.05) is 31.9 Å². The maximum atomic E-state index is 6.04. The van der Waals surface area contributed by atoms with Gasteiger partial charge in [0.1, 0.15) is 0 Å². The van der Waals surface area contributed by atoms with E-state index in [0.29, 0.717) is 5.92 Å². The zero-order chi connectivity index (χ0) is 12.8. The van der Waals surface area contributed by atoms with Crippen LogP contribution in [0.15, 0.2) is 18.2 Å². The zero-order valence-corrected chi connectivity index (χ0v) is 12.0. The lowest BCUT2D eigenvalue weighted by Gasteiger charge is -2.20. The van der Waals surface area contributed by atoms with Gasteiger partial charge in [0, 0.05) is 25.7 Å². The molecule has 0 saturated heterocycles. The number of halogens is 1. The lowest BCUT2D eigenvalue weighted by molar-refractivity contribution is 0.551. The largest absolute Gasteiger partial charge is 0.383 e. The van der Waals surface area contributed by atoms with E-state index in [1.807, 2.05) is 26.2 Å². The third-order valence-corrected chi connectivity index (χ3v) is 3.10. The van der Waals surface area contributed by atoms with Crippen molar-refractivity contribution in [2.24, 2.45) is 5.92 Å². The molecule has 96 valence electrons. The molecule has 1 N–H and O–H groups in total. The first kappa shape index (κ1) is 14.2. The summed E-state index contributed by atoms with van der Waals surface area (Å²) in [5.41, 5.74) is 2.29. The molecule has 17 heavy (non-hydrogen) atoms. The van der Waals surface area contributed by atoms with Crippen molar-refractivity contribution in [3.05, 3.63) is 23.2 Å². The molecule has 3 heteroatoms. The maximum Gasteiger partial charge on any atom is 0.0597 e. The van der Waals surface area contributed by atoms with Gasteiger partial charge < -0.3 is 10.2 Å². The second kappa shape index (κ2) is 6.75. The summed E-state index contributed by atoms with van der Waals surface area (Å²) in [6.07, 6.45) is 2.49. The van der Waals surface area contributed by atoms with E-state index < -0.39 is 0 Å². The van der Waals surface area contributed by atoms with Crippen molar-refractivity contribution in [3.63, 3.8) is 0 Å². The number of hydrogen-bond donors (Lipinski definition) is 1. The average molecular weight is 255 g/mol. The van der Waals surface area contributed by atoms with Gasteiger partial charge in [-0.3, -0.25) is 0 Å². The topological polar surface area (TPSA) is 15.3 Å². The van der Waals surface area contributed by atoms with Gasteiger partial charge in [0.2, 0.25) is 0 Å². The molecule has 0 aliphatic carbocycles. The SMILES string of the molecule is CCCC(C)CNc1cc(Cl)ccc1N(C)C. The van der Waals surface area contributed by atoms with E-state index in [-0.39, 0.29) is 0 Å². The number of benzene rings is 1. The molecule has 1 aromatic rings. The normalized spacial score (nSPS) is 12.3. The van der Waals surface area contributed by atoms with Crippen LogP contribution in [0.3, 0.4) is 0 Å². The molecule has 0 aliphatic heterocycles. The molecule has 0 amide bonds. The fourth-order valence-corrected chi connectivity index (χ4v) is 2.09. The molecule has 0 bridgehead atoms. The van der Waals surface area contributed by atoms with Crippen molar-refractivity contribution in [3.8, 4) is 0 Å². The summed E-state index contributed by atoms with van der Waals surface area (Å²) in [5.74, 6) is 0.689. The Bertz CT molecular complexity index is 350. The smallest absolute Gasteiger partial charge is 0.0597 e. The summed E-state index contributed by atoms with van der Waals surface area (Å²) in [6, 6.07) is 5.97. The third kappa shape index (κ3) is 4.47. The summed E-state index contributed by atoms with van der Waals surface area (Å²) in [4.78, 5) is 2.10. The molecule has 0 aliphatic rings. The van der Waals surface area contributed by atoms with Crippen LogP contribution in [-0.2, 0) is 0 Å². The molecule has 1 atom stereocenters. The minimum absolute atomic E-state index is 0.689. The minimum atomic E-state index is 0.689. The van der Waals surface area contributed by atoms with Crippen LogP contribution >= 0.6 is 11.6 Å². The molecule has 1 unspecified atom stereocenters. The van der Waals surface area contributed by atoms with Crippen molar-refractivity contribution in [1.29, 1.82) is 0 Å². The Hall–Kier alpha value is -0.890. The van der Waals surface area contributed by atoms with Crippen LogP contribution < -0.4 is 10.2 Å². The number of nitrogens with one attached hydrogen (secondary N) is 1. The first-order chi connectivity index (χ1) is 8.04. The van der Waals surface area contributed by atoms with Crippen molar-refractivity contribution in [1.82, 2.24) is 0 Å². The second-order valence-electron chi connectivity index (χ2n) is 4.83. The zero-order valence-electron chi connectivity index (χ0n) is 11.3. The lowest BCUT2D eigenvalue weighted by atomic mass is 10.1. The Labute approximate surface area is 110 Å². The van der Waals surface area contributed by atoms with Gasteiger partial charge in [-0.25, -0.2) is 0 Å². The Balaban J connectivity index is 2.71. The molecular formula is C14H23ClN2. The number of rotatable bonds is 6. The van der Waals surface area contributed by atoms with Crippen LogP contribution in [-0.4, -0.2) is 20.6 Å². The molecule has 2 nitrogen and oxygen atoms in total. The highest BCUT2D eigenvalue weighted by molar-refractivity contribution is 6.31. The molecule has 0 spiro atoms. The summed E-state index contributed by atoms with van der Waals surface area (Å²) in [7, 11) is 4.09. The van der Waals surface area contributed by atoms with Gasteiger partial charge in [-0.2, -0.15) is 0 Å². The summed E-state index contributed by atoms with van der Waals surface area (Å²) < 4.78 is 0. The van der Waals surface area contributed by atoms with E-state index in [9.17, 15) is 0 Å². The van der Waals surface area contributed by atoms with Crippen LogP contribution in [0, 0.1) is 5.92 Å². The van der Waals surface area contributed by atoms with Crippen molar-refractivity contribution < 1.29 is 0 Å². The van der Waals surface area contributed by atoms with E-state index >= 15 is 0 Å². The van der Waals surface area contributed by atoms with Crippen molar-refractivity contribution >= 4 is 23.0 Å². The average Bonchev–Trinajstić information content (AvgIpc) is 2.26. The fraction of sp³-hybridized carbons (Fsp3) is 0.571. The summed E-state index contributed by atoms with van der Waals surface area (Å²) in [5, 5.41) is 4.27. The van der Waals surface area contributed by atoms with E-state index in [0.717, 1.165) is 17.3 Å². The van der Waals surface area contributed by atoms with Crippen molar-refractivity contribution in [2.45, 2.75) is 26.7 Å². The Morgan fingerprint density at radius 3 is 2.65 bits per heavy atom. The molecule has 0 aromatic heterocycles. The predicted octanol–water partition coefficient (Wildman–Crippen LogP) is 4.25. The summed E-state index contributed by atoms with van der Waals surface area (Å²) in [6.45, 7) is 5.49. The third-order valence-electron chi connectivity index (χ3n) is 2.86. The van der Waals surface area contributed by atoms with Crippen LogP contribution in [0.1, 0.15) is 26.7 Å². The molecule has 0 heterocycles. The van der Waals surface area contributed by atoms with Gasteiger partial charge in [0.05, 0.1) is 11.4 Å². The van der Waals surface area contributed by atoms with Gasteiger partial charge in [0.25, 0.3) is 0 Å². The summed E-state index contributed by atoms with van der Waals surface area (Å²) >= 11 is 6.04. The monoisotopic (exact) mass is 254 g/mol.